The van der Waals surface area contributed by atoms with E-state index in [9.17, 15) is 34.2 Å². The normalized spacial score (nSPS) is 42.6. The average molecular weight is 541 g/mol. The van der Waals surface area contributed by atoms with Crippen LogP contribution in [0.4, 0.5) is 0 Å². The summed E-state index contributed by atoms with van der Waals surface area (Å²) in [6.07, 6.45) is -8.20. The Hall–Kier alpha value is -0.180. The van der Waals surface area contributed by atoms with Crippen molar-refractivity contribution in [1.29, 1.82) is 0 Å². The first kappa shape index (κ1) is 30.0. The molecule has 0 radical (unpaired) electrons. The fourth-order valence-corrected chi connectivity index (χ4v) is 5.57. The first-order valence-corrected chi connectivity index (χ1v) is 13.0. The number of phosphoric ester groups is 2. The van der Waals surface area contributed by atoms with Gasteiger partial charge < -0.3 is 68.0 Å². The number of rotatable bonds is 11. The molecule has 0 bridgehead atoms. The van der Waals surface area contributed by atoms with Gasteiger partial charge in [-0.15, -0.1) is 0 Å². The van der Waals surface area contributed by atoms with Crippen LogP contribution >= 0.6 is 15.6 Å². The third kappa shape index (κ3) is 7.66. The zero-order valence-corrected chi connectivity index (χ0v) is 19.7. The highest BCUT2D eigenvalue weighted by Crippen LogP contribution is 2.61. The van der Waals surface area contributed by atoms with Gasteiger partial charge in [-0.25, -0.2) is 9.13 Å². The van der Waals surface area contributed by atoms with E-state index in [4.69, 9.17) is 47.4 Å². The Labute approximate surface area is 194 Å². The SMILES string of the molecule is NCCOP(=O)(O)OP(=O)(O)O[C@H]1[C@H](N)[C@@H](N)[C@H](OC[C@H]2O[C@H](O)[C@H](N)[C@@H](N)[C@@H]2O)O[C@@H]1CO. The minimum atomic E-state index is -5.28. The van der Waals surface area contributed by atoms with Crippen LogP contribution < -0.4 is 28.7 Å². The van der Waals surface area contributed by atoms with Gasteiger partial charge in [0, 0.05) is 6.54 Å². The van der Waals surface area contributed by atoms with E-state index in [1.54, 1.807) is 0 Å². The van der Waals surface area contributed by atoms with Crippen molar-refractivity contribution in [3.63, 3.8) is 0 Å². The van der Waals surface area contributed by atoms with Crippen LogP contribution in [-0.4, -0.2) is 113 Å². The van der Waals surface area contributed by atoms with Crippen molar-refractivity contribution in [2.24, 2.45) is 28.7 Å². The first-order chi connectivity index (χ1) is 15.7. The summed E-state index contributed by atoms with van der Waals surface area (Å²) >= 11 is 0. The summed E-state index contributed by atoms with van der Waals surface area (Å²) in [7, 11) is -10.3. The average Bonchev–Trinajstić information content (AvgIpc) is 2.76. The maximum atomic E-state index is 12.2. The monoisotopic (exact) mass is 541 g/mol. The topological polar surface area (TPSA) is 321 Å². The van der Waals surface area contributed by atoms with Crippen molar-refractivity contribution in [2.45, 2.75) is 61.2 Å². The second kappa shape index (κ2) is 12.4. The Morgan fingerprint density at radius 1 is 0.882 bits per heavy atom. The Balaban J connectivity index is 2.02. The lowest BCUT2D eigenvalue weighted by Gasteiger charge is -2.44. The van der Waals surface area contributed by atoms with Crippen LogP contribution in [0.2, 0.25) is 0 Å². The quantitative estimate of drug-likeness (QED) is 0.109. The molecule has 0 aromatic rings. The molecule has 34 heavy (non-hydrogen) atoms. The number of aliphatic hydroxyl groups is 3. The molecule has 2 aliphatic rings. The van der Waals surface area contributed by atoms with Crippen molar-refractivity contribution in [2.75, 3.05) is 26.4 Å². The van der Waals surface area contributed by atoms with Crippen molar-refractivity contribution >= 4 is 15.6 Å². The van der Waals surface area contributed by atoms with Gasteiger partial charge in [-0.1, -0.05) is 0 Å². The number of hydrogen-bond donors (Lipinski definition) is 10. The maximum absolute atomic E-state index is 12.2. The Morgan fingerprint density at radius 3 is 2.12 bits per heavy atom. The highest BCUT2D eigenvalue weighted by atomic mass is 31.3. The van der Waals surface area contributed by atoms with Crippen LogP contribution in [0.3, 0.4) is 0 Å². The summed E-state index contributed by atoms with van der Waals surface area (Å²) < 4.78 is 53.4. The van der Waals surface area contributed by atoms with Crippen LogP contribution in [0.15, 0.2) is 0 Å². The second-order valence-corrected chi connectivity index (χ2v) is 10.6. The minimum Gasteiger partial charge on any atom is -0.394 e. The van der Waals surface area contributed by atoms with E-state index in [-0.39, 0.29) is 13.2 Å². The molecule has 0 spiro atoms. The summed E-state index contributed by atoms with van der Waals surface area (Å²) in [5, 5.41) is 29.6. The van der Waals surface area contributed by atoms with Crippen molar-refractivity contribution < 1.29 is 61.8 Å². The maximum Gasteiger partial charge on any atom is 0.481 e. The van der Waals surface area contributed by atoms with Gasteiger partial charge in [0.2, 0.25) is 0 Å². The third-order valence-corrected chi connectivity index (χ3v) is 7.78. The van der Waals surface area contributed by atoms with E-state index in [0.29, 0.717) is 0 Å². The molecule has 2 heterocycles. The lowest BCUT2D eigenvalue weighted by molar-refractivity contribution is -0.272. The zero-order chi connectivity index (χ0) is 25.8. The van der Waals surface area contributed by atoms with E-state index < -0.39 is 90.0 Å². The molecule has 0 amide bonds. The second-order valence-electron chi connectivity index (χ2n) is 7.63. The van der Waals surface area contributed by atoms with Crippen LogP contribution in [0.25, 0.3) is 0 Å². The van der Waals surface area contributed by atoms with Crippen molar-refractivity contribution in [1.82, 2.24) is 0 Å². The molecule has 2 fully saturated rings. The van der Waals surface area contributed by atoms with Crippen LogP contribution in [-0.2, 0) is 36.7 Å². The molecule has 18 nitrogen and oxygen atoms in total. The van der Waals surface area contributed by atoms with Gasteiger partial charge in [-0.3, -0.25) is 9.05 Å². The lowest BCUT2D eigenvalue weighted by Crippen LogP contribution is -2.67. The molecular weight excluding hydrogens is 508 g/mol. The van der Waals surface area contributed by atoms with Gasteiger partial charge in [-0.2, -0.15) is 4.31 Å². The van der Waals surface area contributed by atoms with E-state index >= 15 is 0 Å². The summed E-state index contributed by atoms with van der Waals surface area (Å²) in [5.74, 6) is 0. The summed E-state index contributed by atoms with van der Waals surface area (Å²) in [5.41, 5.74) is 28.4. The summed E-state index contributed by atoms with van der Waals surface area (Å²) in [6.45, 7) is -1.81. The Kier molecular flexibility index (Phi) is 10.9. The molecule has 0 saturated carbocycles. The van der Waals surface area contributed by atoms with Gasteiger partial charge in [0.25, 0.3) is 0 Å². The third-order valence-electron chi connectivity index (χ3n) is 5.11. The zero-order valence-electron chi connectivity index (χ0n) is 17.9. The molecule has 12 atom stereocenters. The molecule has 20 heteroatoms. The number of hydrogen-bond acceptors (Lipinski definition) is 16. The highest BCUT2D eigenvalue weighted by Gasteiger charge is 2.49. The standard InChI is InChI=1S/C14H33N5O13P2/c15-1-2-28-33(23,24)32-34(25,26)31-12-5(3-20)30-14(10(19)8(12)17)27-4-6-11(21)7(16)9(18)13(22)29-6/h5-14,20-22H,1-4,15-19H2,(H,23,24)(H,25,26)/t5-,6-,7-,8-,9-,10-,11-,12-,13+,14-/m1/s1. The molecule has 0 aromatic carbocycles. The number of aliphatic hydroxyl groups excluding tert-OH is 3. The molecule has 2 saturated heterocycles. The molecule has 202 valence electrons. The molecule has 2 unspecified atom stereocenters. The van der Waals surface area contributed by atoms with E-state index in [2.05, 4.69) is 8.83 Å². The summed E-state index contributed by atoms with van der Waals surface area (Å²) in [4.78, 5) is 19.4. The first-order valence-electron chi connectivity index (χ1n) is 10.0. The lowest BCUT2D eigenvalue weighted by atomic mass is 9.95. The Morgan fingerprint density at radius 2 is 1.53 bits per heavy atom. The fraction of sp³-hybridized carbons (Fsp3) is 1.00. The Bertz CT molecular complexity index is 753. The van der Waals surface area contributed by atoms with Crippen LogP contribution in [0, 0.1) is 0 Å². The van der Waals surface area contributed by atoms with Crippen molar-refractivity contribution in [3.8, 4) is 0 Å². The number of phosphoric acid groups is 2. The van der Waals surface area contributed by atoms with Gasteiger partial charge in [0.1, 0.15) is 18.3 Å². The number of nitrogens with two attached hydrogens (primary N) is 5. The largest absolute Gasteiger partial charge is 0.481 e. The van der Waals surface area contributed by atoms with Crippen molar-refractivity contribution in [3.05, 3.63) is 0 Å². The molecule has 0 aromatic heterocycles. The fourth-order valence-electron chi connectivity index (χ4n) is 3.26. The predicted molar refractivity (Wildman–Crippen MR) is 111 cm³/mol. The van der Waals surface area contributed by atoms with Gasteiger partial charge >= 0.3 is 15.6 Å². The molecule has 0 aliphatic carbocycles. The minimum absolute atomic E-state index is 0.171. The van der Waals surface area contributed by atoms with E-state index in [1.165, 1.54) is 0 Å². The molecule has 2 rings (SSSR count). The van der Waals surface area contributed by atoms with Crippen LogP contribution in [0.5, 0.6) is 0 Å². The van der Waals surface area contributed by atoms with Gasteiger partial charge in [0.05, 0.1) is 50.1 Å². The smallest absolute Gasteiger partial charge is 0.394 e. The predicted octanol–water partition coefficient (Wildman–Crippen LogP) is -5.31. The molecule has 2 aliphatic heterocycles. The molecular formula is C14H33N5O13P2. The van der Waals surface area contributed by atoms with E-state index in [0.717, 1.165) is 0 Å². The van der Waals surface area contributed by atoms with Gasteiger partial charge in [0.15, 0.2) is 12.6 Å². The molecule has 15 N–H and O–H groups in total. The van der Waals surface area contributed by atoms with Crippen LogP contribution in [0.1, 0.15) is 0 Å². The highest BCUT2D eigenvalue weighted by molar-refractivity contribution is 7.61. The summed E-state index contributed by atoms with van der Waals surface area (Å²) in [6, 6.07) is -4.60. The van der Waals surface area contributed by atoms with E-state index in [1.807, 2.05) is 0 Å². The van der Waals surface area contributed by atoms with Gasteiger partial charge in [-0.05, 0) is 0 Å². The number of ether oxygens (including phenoxy) is 3.